The van der Waals surface area contributed by atoms with Crippen LogP contribution in [0.3, 0.4) is 0 Å². The van der Waals surface area contributed by atoms with E-state index in [1.807, 2.05) is 12.1 Å². The number of hydrogen-bond acceptors (Lipinski definition) is 2. The molecule has 1 aromatic rings. The highest BCUT2D eigenvalue weighted by molar-refractivity contribution is 9.10. The summed E-state index contributed by atoms with van der Waals surface area (Å²) in [5, 5.41) is 8.82. The van der Waals surface area contributed by atoms with Gasteiger partial charge in [-0.2, -0.15) is 0 Å². The minimum absolute atomic E-state index is 0.259. The summed E-state index contributed by atoms with van der Waals surface area (Å²) >= 11 is 3.49. The van der Waals surface area contributed by atoms with Crippen molar-refractivity contribution in [2.24, 2.45) is 0 Å². The number of piperidine rings is 1. The Morgan fingerprint density at radius 3 is 3.00 bits per heavy atom. The molecule has 1 aliphatic rings. The first-order valence-electron chi connectivity index (χ1n) is 6.41. The van der Waals surface area contributed by atoms with Crippen LogP contribution in [0.15, 0.2) is 28.7 Å². The monoisotopic (exact) mass is 311 g/mol. The lowest BCUT2D eigenvalue weighted by Gasteiger charge is -2.37. The molecular formula is C14H18BrNO2. The zero-order valence-corrected chi connectivity index (χ0v) is 11.9. The SMILES string of the molecule is O=C(O)CCC1CCCCN1c1cccc(Br)c1. The molecule has 1 N–H and O–H groups in total. The summed E-state index contributed by atoms with van der Waals surface area (Å²) in [5.74, 6) is -0.699. The second kappa shape index (κ2) is 6.23. The van der Waals surface area contributed by atoms with Gasteiger partial charge >= 0.3 is 5.97 Å². The molecule has 98 valence electrons. The Morgan fingerprint density at radius 2 is 2.28 bits per heavy atom. The standard InChI is InChI=1S/C14H18BrNO2/c15-11-4-3-6-13(10-11)16-9-2-1-5-12(16)7-8-14(17)18/h3-4,6,10,12H,1-2,5,7-9H2,(H,17,18). The van der Waals surface area contributed by atoms with E-state index < -0.39 is 5.97 Å². The molecule has 3 nitrogen and oxygen atoms in total. The summed E-state index contributed by atoms with van der Waals surface area (Å²) in [6.45, 7) is 1.03. The van der Waals surface area contributed by atoms with E-state index in [1.165, 1.54) is 18.5 Å². The maximum absolute atomic E-state index is 10.7. The van der Waals surface area contributed by atoms with E-state index in [2.05, 4.69) is 33.0 Å². The van der Waals surface area contributed by atoms with E-state index in [4.69, 9.17) is 5.11 Å². The van der Waals surface area contributed by atoms with E-state index in [9.17, 15) is 4.79 Å². The van der Waals surface area contributed by atoms with Crippen molar-refractivity contribution in [3.63, 3.8) is 0 Å². The third kappa shape index (κ3) is 3.48. The molecule has 1 atom stereocenters. The van der Waals surface area contributed by atoms with Gasteiger partial charge in [-0.25, -0.2) is 0 Å². The minimum atomic E-state index is -0.699. The maximum Gasteiger partial charge on any atom is 0.303 e. The normalized spacial score (nSPS) is 19.8. The number of halogens is 1. The van der Waals surface area contributed by atoms with Gasteiger partial charge in [0, 0.05) is 29.2 Å². The van der Waals surface area contributed by atoms with Crippen LogP contribution < -0.4 is 4.90 Å². The van der Waals surface area contributed by atoms with Crippen molar-refractivity contribution >= 4 is 27.6 Å². The summed E-state index contributed by atoms with van der Waals surface area (Å²) in [6, 6.07) is 8.62. The lowest BCUT2D eigenvalue weighted by atomic mass is 9.97. The lowest BCUT2D eigenvalue weighted by Crippen LogP contribution is -2.39. The number of carbonyl (C=O) groups is 1. The molecule has 1 unspecified atom stereocenters. The van der Waals surface area contributed by atoms with Crippen molar-refractivity contribution in [1.82, 2.24) is 0 Å². The fraction of sp³-hybridized carbons (Fsp3) is 0.500. The summed E-state index contributed by atoms with van der Waals surface area (Å²) in [6.07, 6.45) is 4.49. The maximum atomic E-state index is 10.7. The second-order valence-corrected chi connectivity index (χ2v) is 5.67. The van der Waals surface area contributed by atoms with Crippen LogP contribution in [0.2, 0.25) is 0 Å². The highest BCUT2D eigenvalue weighted by atomic mass is 79.9. The average Bonchev–Trinajstić information content (AvgIpc) is 2.36. The number of carboxylic acid groups (broad SMARTS) is 1. The smallest absolute Gasteiger partial charge is 0.303 e. The zero-order chi connectivity index (χ0) is 13.0. The van der Waals surface area contributed by atoms with Gasteiger partial charge < -0.3 is 10.0 Å². The zero-order valence-electron chi connectivity index (χ0n) is 10.3. The number of aliphatic carboxylic acids is 1. The molecule has 1 aliphatic heterocycles. The summed E-state index contributed by atoms with van der Waals surface area (Å²) < 4.78 is 1.07. The Kier molecular flexibility index (Phi) is 4.64. The van der Waals surface area contributed by atoms with Gasteiger partial charge in [0.2, 0.25) is 0 Å². The molecular weight excluding hydrogens is 294 g/mol. The van der Waals surface area contributed by atoms with Gasteiger partial charge in [-0.1, -0.05) is 22.0 Å². The Labute approximate surface area is 116 Å². The molecule has 0 spiro atoms. The van der Waals surface area contributed by atoms with Crippen LogP contribution in [0.5, 0.6) is 0 Å². The van der Waals surface area contributed by atoms with E-state index in [0.29, 0.717) is 6.04 Å². The van der Waals surface area contributed by atoms with E-state index in [1.54, 1.807) is 0 Å². The van der Waals surface area contributed by atoms with Crippen molar-refractivity contribution in [2.75, 3.05) is 11.4 Å². The number of hydrogen-bond donors (Lipinski definition) is 1. The van der Waals surface area contributed by atoms with Crippen molar-refractivity contribution in [3.05, 3.63) is 28.7 Å². The Bertz CT molecular complexity index is 422. The Morgan fingerprint density at radius 1 is 1.44 bits per heavy atom. The van der Waals surface area contributed by atoms with E-state index in [-0.39, 0.29) is 6.42 Å². The molecule has 4 heteroatoms. The van der Waals surface area contributed by atoms with Gasteiger partial charge in [-0.15, -0.1) is 0 Å². The lowest BCUT2D eigenvalue weighted by molar-refractivity contribution is -0.137. The molecule has 2 rings (SSSR count). The molecule has 18 heavy (non-hydrogen) atoms. The van der Waals surface area contributed by atoms with Crippen LogP contribution >= 0.6 is 15.9 Å². The van der Waals surface area contributed by atoms with Crippen LogP contribution in [0, 0.1) is 0 Å². The van der Waals surface area contributed by atoms with Crippen LogP contribution in [-0.2, 0) is 4.79 Å². The number of rotatable bonds is 4. The first-order chi connectivity index (χ1) is 8.66. The molecule has 0 amide bonds. The molecule has 1 heterocycles. The van der Waals surface area contributed by atoms with E-state index >= 15 is 0 Å². The quantitative estimate of drug-likeness (QED) is 0.922. The van der Waals surface area contributed by atoms with E-state index in [0.717, 1.165) is 23.9 Å². The molecule has 1 aromatic carbocycles. The highest BCUT2D eigenvalue weighted by Crippen LogP contribution is 2.29. The topological polar surface area (TPSA) is 40.5 Å². The molecule has 0 aliphatic carbocycles. The van der Waals surface area contributed by atoms with Gasteiger partial charge in [0.05, 0.1) is 0 Å². The fourth-order valence-electron chi connectivity index (χ4n) is 2.59. The third-order valence-electron chi connectivity index (χ3n) is 3.46. The largest absolute Gasteiger partial charge is 0.481 e. The highest BCUT2D eigenvalue weighted by Gasteiger charge is 2.23. The van der Waals surface area contributed by atoms with Crippen LogP contribution in [0.1, 0.15) is 32.1 Å². The fourth-order valence-corrected chi connectivity index (χ4v) is 2.97. The number of benzene rings is 1. The molecule has 0 radical (unpaired) electrons. The Balaban J connectivity index is 2.09. The van der Waals surface area contributed by atoms with Crippen molar-refractivity contribution in [2.45, 2.75) is 38.1 Å². The summed E-state index contributed by atoms with van der Waals surface area (Å²) in [7, 11) is 0. The van der Waals surface area contributed by atoms with Gasteiger partial charge in [0.15, 0.2) is 0 Å². The van der Waals surface area contributed by atoms with Gasteiger partial charge in [0.1, 0.15) is 0 Å². The van der Waals surface area contributed by atoms with Crippen molar-refractivity contribution < 1.29 is 9.90 Å². The predicted molar refractivity (Wildman–Crippen MR) is 76.0 cm³/mol. The van der Waals surface area contributed by atoms with Crippen LogP contribution in [0.4, 0.5) is 5.69 Å². The second-order valence-electron chi connectivity index (χ2n) is 4.76. The molecule has 0 aromatic heterocycles. The summed E-state index contributed by atoms with van der Waals surface area (Å²) in [5.41, 5.74) is 1.19. The molecule has 0 bridgehead atoms. The molecule has 1 fully saturated rings. The van der Waals surface area contributed by atoms with Gasteiger partial charge in [-0.3, -0.25) is 4.79 Å². The van der Waals surface area contributed by atoms with Crippen molar-refractivity contribution in [3.8, 4) is 0 Å². The number of anilines is 1. The molecule has 1 saturated heterocycles. The van der Waals surface area contributed by atoms with Crippen molar-refractivity contribution in [1.29, 1.82) is 0 Å². The first kappa shape index (κ1) is 13.4. The van der Waals surface area contributed by atoms with Crippen LogP contribution in [0.25, 0.3) is 0 Å². The number of carboxylic acids is 1. The summed E-state index contributed by atoms with van der Waals surface area (Å²) in [4.78, 5) is 13.1. The van der Waals surface area contributed by atoms with Crippen LogP contribution in [-0.4, -0.2) is 23.7 Å². The predicted octanol–water partition coefficient (Wildman–Crippen LogP) is 3.67. The average molecular weight is 312 g/mol. The third-order valence-corrected chi connectivity index (χ3v) is 3.95. The Hall–Kier alpha value is -1.03. The number of nitrogens with zero attached hydrogens (tertiary/aromatic N) is 1. The van der Waals surface area contributed by atoms with Gasteiger partial charge in [-0.05, 0) is 43.9 Å². The van der Waals surface area contributed by atoms with Gasteiger partial charge in [0.25, 0.3) is 0 Å². The first-order valence-corrected chi connectivity index (χ1v) is 7.20. The minimum Gasteiger partial charge on any atom is -0.481 e. The molecule has 0 saturated carbocycles.